The molecule has 1 amide bonds. The number of halogens is 2. The van der Waals surface area contributed by atoms with Gasteiger partial charge in [0.25, 0.3) is 5.91 Å². The van der Waals surface area contributed by atoms with E-state index in [2.05, 4.69) is 0 Å². The first kappa shape index (κ1) is 13.8. The van der Waals surface area contributed by atoms with Gasteiger partial charge in [-0.15, -0.1) is 11.8 Å². The number of ether oxygens (including phenoxy) is 1. The van der Waals surface area contributed by atoms with Gasteiger partial charge in [0, 0.05) is 37.2 Å². The Kier molecular flexibility index (Phi) is 3.69. The average Bonchev–Trinajstić information content (AvgIpc) is 2.90. The molecule has 2 saturated heterocycles. The van der Waals surface area contributed by atoms with Crippen molar-refractivity contribution in [3.8, 4) is 0 Å². The summed E-state index contributed by atoms with van der Waals surface area (Å²) < 4.78 is 31.8. The highest BCUT2D eigenvalue weighted by molar-refractivity contribution is 8.00. The molecule has 6 heteroatoms. The van der Waals surface area contributed by atoms with Crippen molar-refractivity contribution in [1.82, 2.24) is 4.90 Å². The second-order valence-corrected chi connectivity index (χ2v) is 6.47. The number of thioether (sulfide) groups is 1. The molecular formula is C14H15F2NO2S. The van der Waals surface area contributed by atoms with E-state index in [-0.39, 0.29) is 16.4 Å². The van der Waals surface area contributed by atoms with Crippen LogP contribution in [0.25, 0.3) is 0 Å². The summed E-state index contributed by atoms with van der Waals surface area (Å²) in [5, 5.41) is 0. The molecule has 1 aromatic carbocycles. The summed E-state index contributed by atoms with van der Waals surface area (Å²) in [6.07, 6.45) is 1.57. The quantitative estimate of drug-likeness (QED) is 0.798. The summed E-state index contributed by atoms with van der Waals surface area (Å²) in [6, 6.07) is 3.28. The lowest BCUT2D eigenvalue weighted by molar-refractivity contribution is 0.00351. The van der Waals surface area contributed by atoms with Crippen molar-refractivity contribution in [2.75, 3.05) is 25.4 Å². The Balaban J connectivity index is 1.68. The predicted octanol–water partition coefficient (Wildman–Crippen LogP) is 2.66. The van der Waals surface area contributed by atoms with Crippen molar-refractivity contribution in [3.63, 3.8) is 0 Å². The molecule has 1 aromatic rings. The number of carbonyl (C=O) groups is 1. The maximum Gasteiger partial charge on any atom is 0.253 e. The van der Waals surface area contributed by atoms with Gasteiger partial charge in [-0.1, -0.05) is 0 Å². The van der Waals surface area contributed by atoms with Crippen LogP contribution in [0.15, 0.2) is 18.2 Å². The lowest BCUT2D eigenvalue weighted by Crippen LogP contribution is -2.45. The Hall–Kier alpha value is -1.14. The number of hydrogen-bond donors (Lipinski definition) is 0. The van der Waals surface area contributed by atoms with Crippen molar-refractivity contribution >= 4 is 17.7 Å². The van der Waals surface area contributed by atoms with Crippen LogP contribution in [0, 0.1) is 11.6 Å². The van der Waals surface area contributed by atoms with E-state index in [0.717, 1.165) is 37.3 Å². The summed E-state index contributed by atoms with van der Waals surface area (Å²) >= 11 is 1.81. The standard InChI is InChI=1S/C14H15F2NO2S/c15-11-2-1-10(9-12(11)16)13(18)17-5-3-14(4-6-17)19-7-8-20-14/h1-2,9H,3-8H2. The highest BCUT2D eigenvalue weighted by atomic mass is 32.2. The molecule has 20 heavy (non-hydrogen) atoms. The van der Waals surface area contributed by atoms with E-state index in [1.807, 2.05) is 11.8 Å². The Morgan fingerprint density at radius 3 is 2.60 bits per heavy atom. The molecule has 2 aliphatic heterocycles. The van der Waals surface area contributed by atoms with Crippen LogP contribution < -0.4 is 0 Å². The molecule has 2 heterocycles. The van der Waals surface area contributed by atoms with Crippen LogP contribution in [-0.2, 0) is 4.74 Å². The highest BCUT2D eigenvalue weighted by Crippen LogP contribution is 2.41. The fraction of sp³-hybridized carbons (Fsp3) is 0.500. The van der Waals surface area contributed by atoms with Crippen molar-refractivity contribution in [1.29, 1.82) is 0 Å². The minimum Gasteiger partial charge on any atom is -0.363 e. The zero-order valence-corrected chi connectivity index (χ0v) is 11.7. The maximum atomic E-state index is 13.2. The fourth-order valence-electron chi connectivity index (χ4n) is 2.65. The zero-order chi connectivity index (χ0) is 14.2. The second kappa shape index (κ2) is 5.33. The van der Waals surface area contributed by atoms with E-state index in [9.17, 15) is 13.6 Å². The van der Waals surface area contributed by atoms with E-state index in [1.54, 1.807) is 4.90 Å². The van der Waals surface area contributed by atoms with Gasteiger partial charge in [-0.25, -0.2) is 8.78 Å². The molecule has 108 valence electrons. The molecule has 2 aliphatic rings. The van der Waals surface area contributed by atoms with Crippen LogP contribution in [0.5, 0.6) is 0 Å². The van der Waals surface area contributed by atoms with Crippen molar-refractivity contribution in [2.45, 2.75) is 17.8 Å². The Labute approximate surface area is 120 Å². The van der Waals surface area contributed by atoms with Crippen LogP contribution in [0.1, 0.15) is 23.2 Å². The van der Waals surface area contributed by atoms with E-state index in [0.29, 0.717) is 13.1 Å². The van der Waals surface area contributed by atoms with Crippen LogP contribution >= 0.6 is 11.8 Å². The Morgan fingerprint density at radius 2 is 2.00 bits per heavy atom. The van der Waals surface area contributed by atoms with E-state index >= 15 is 0 Å². The third-order valence-electron chi connectivity index (χ3n) is 3.79. The Morgan fingerprint density at radius 1 is 1.25 bits per heavy atom. The van der Waals surface area contributed by atoms with Gasteiger partial charge in [-0.2, -0.15) is 0 Å². The fourth-order valence-corrected chi connectivity index (χ4v) is 3.82. The minimum atomic E-state index is -0.987. The SMILES string of the molecule is O=C(c1ccc(F)c(F)c1)N1CCC2(CC1)OCCS2. The number of piperidine rings is 1. The zero-order valence-electron chi connectivity index (χ0n) is 10.9. The van der Waals surface area contributed by atoms with E-state index < -0.39 is 11.6 Å². The molecular weight excluding hydrogens is 284 g/mol. The van der Waals surface area contributed by atoms with Gasteiger partial charge in [-0.3, -0.25) is 4.79 Å². The second-order valence-electron chi connectivity index (χ2n) is 5.03. The summed E-state index contributed by atoms with van der Waals surface area (Å²) in [4.78, 5) is 13.8. The van der Waals surface area contributed by atoms with Crippen LogP contribution in [0.4, 0.5) is 8.78 Å². The normalized spacial score (nSPS) is 21.4. The first-order valence-electron chi connectivity index (χ1n) is 6.62. The molecule has 0 saturated carbocycles. The number of carbonyl (C=O) groups excluding carboxylic acids is 1. The lowest BCUT2D eigenvalue weighted by Gasteiger charge is -2.37. The molecule has 0 atom stereocenters. The number of benzene rings is 1. The molecule has 0 aliphatic carbocycles. The summed E-state index contributed by atoms with van der Waals surface area (Å²) in [5.74, 6) is -1.17. The summed E-state index contributed by atoms with van der Waals surface area (Å²) in [5.41, 5.74) is 0.194. The third-order valence-corrected chi connectivity index (χ3v) is 5.22. The smallest absolute Gasteiger partial charge is 0.253 e. The van der Waals surface area contributed by atoms with Crippen molar-refractivity contribution in [2.24, 2.45) is 0 Å². The lowest BCUT2D eigenvalue weighted by atomic mass is 10.1. The van der Waals surface area contributed by atoms with Crippen molar-refractivity contribution < 1.29 is 18.3 Å². The first-order valence-corrected chi connectivity index (χ1v) is 7.60. The number of rotatable bonds is 1. The number of amides is 1. The monoisotopic (exact) mass is 299 g/mol. The van der Waals surface area contributed by atoms with Gasteiger partial charge in [0.1, 0.15) is 4.93 Å². The molecule has 0 radical (unpaired) electrons. The molecule has 1 spiro atoms. The summed E-state index contributed by atoms with van der Waals surface area (Å²) in [6.45, 7) is 1.94. The number of hydrogen-bond acceptors (Lipinski definition) is 3. The van der Waals surface area contributed by atoms with Gasteiger partial charge < -0.3 is 9.64 Å². The van der Waals surface area contributed by atoms with Crippen molar-refractivity contribution in [3.05, 3.63) is 35.4 Å². The Bertz CT molecular complexity index is 522. The number of nitrogens with zero attached hydrogens (tertiary/aromatic N) is 1. The van der Waals surface area contributed by atoms with Crippen LogP contribution in [-0.4, -0.2) is 41.2 Å². The highest BCUT2D eigenvalue weighted by Gasteiger charge is 2.40. The average molecular weight is 299 g/mol. The molecule has 0 bridgehead atoms. The molecule has 0 N–H and O–H groups in total. The van der Waals surface area contributed by atoms with Gasteiger partial charge in [0.05, 0.1) is 6.61 Å². The van der Waals surface area contributed by atoms with Crippen LogP contribution in [0.2, 0.25) is 0 Å². The van der Waals surface area contributed by atoms with Gasteiger partial charge in [0.2, 0.25) is 0 Å². The van der Waals surface area contributed by atoms with E-state index in [1.165, 1.54) is 6.07 Å². The molecule has 2 fully saturated rings. The topological polar surface area (TPSA) is 29.5 Å². The largest absolute Gasteiger partial charge is 0.363 e. The number of likely N-dealkylation sites (tertiary alicyclic amines) is 1. The predicted molar refractivity (Wildman–Crippen MR) is 72.6 cm³/mol. The minimum absolute atomic E-state index is 0.134. The van der Waals surface area contributed by atoms with E-state index in [4.69, 9.17) is 4.74 Å². The molecule has 0 aromatic heterocycles. The van der Waals surface area contributed by atoms with Gasteiger partial charge >= 0.3 is 0 Å². The third kappa shape index (κ3) is 2.54. The van der Waals surface area contributed by atoms with Gasteiger partial charge in [0.15, 0.2) is 11.6 Å². The molecule has 3 nitrogen and oxygen atoms in total. The molecule has 0 unspecified atom stereocenters. The molecule has 3 rings (SSSR count). The first-order chi connectivity index (χ1) is 9.60. The van der Waals surface area contributed by atoms with Crippen LogP contribution in [0.3, 0.4) is 0 Å². The summed E-state index contributed by atoms with van der Waals surface area (Å²) in [7, 11) is 0. The van der Waals surface area contributed by atoms with Gasteiger partial charge in [-0.05, 0) is 18.2 Å². The maximum absolute atomic E-state index is 13.2.